The molecule has 0 spiro atoms. The van der Waals surface area contributed by atoms with Gasteiger partial charge in [0.1, 0.15) is 0 Å². The molecule has 1 heterocycles. The number of piperidine rings is 1. The highest BCUT2D eigenvalue weighted by Crippen LogP contribution is 2.23. The van der Waals surface area contributed by atoms with Gasteiger partial charge in [-0.3, -0.25) is 4.90 Å². The largest absolute Gasteiger partial charge is 0.396 e. The summed E-state index contributed by atoms with van der Waals surface area (Å²) in [5.74, 6) is 0.851. The van der Waals surface area contributed by atoms with Crippen LogP contribution in [0.25, 0.3) is 0 Å². The van der Waals surface area contributed by atoms with Gasteiger partial charge < -0.3 is 10.4 Å². The van der Waals surface area contributed by atoms with E-state index in [0.29, 0.717) is 18.7 Å². The van der Waals surface area contributed by atoms with Gasteiger partial charge in [-0.2, -0.15) is 0 Å². The highest BCUT2D eigenvalue weighted by Gasteiger charge is 2.28. The number of nitrogens with one attached hydrogen (secondary N) is 1. The smallest absolute Gasteiger partial charge is 0.0443 e. The molecular formula is C15H32N2O. The first-order chi connectivity index (χ1) is 8.71. The first kappa shape index (κ1) is 15.9. The average Bonchev–Trinajstić information content (AvgIpc) is 2.38. The first-order valence-corrected chi connectivity index (χ1v) is 7.79. The van der Waals surface area contributed by atoms with Crippen molar-refractivity contribution in [1.82, 2.24) is 10.2 Å². The number of aliphatic hydroxyl groups is 1. The van der Waals surface area contributed by atoms with Crippen molar-refractivity contribution in [3.8, 4) is 0 Å². The van der Waals surface area contributed by atoms with Crippen molar-refractivity contribution in [3.63, 3.8) is 0 Å². The molecule has 0 saturated carbocycles. The Morgan fingerprint density at radius 1 is 1.33 bits per heavy atom. The highest BCUT2D eigenvalue weighted by atomic mass is 16.3. The maximum absolute atomic E-state index is 8.86. The van der Waals surface area contributed by atoms with Crippen molar-refractivity contribution in [2.24, 2.45) is 5.92 Å². The van der Waals surface area contributed by atoms with Crippen LogP contribution in [0.5, 0.6) is 0 Å². The normalized spacial score (nSPS) is 27.3. The zero-order valence-corrected chi connectivity index (χ0v) is 12.5. The third kappa shape index (κ3) is 5.25. The third-order valence-electron chi connectivity index (χ3n) is 4.24. The molecule has 0 aromatic rings. The summed E-state index contributed by atoms with van der Waals surface area (Å²) in [7, 11) is 0. The van der Waals surface area contributed by atoms with E-state index in [9.17, 15) is 0 Å². The van der Waals surface area contributed by atoms with Crippen LogP contribution in [0.2, 0.25) is 0 Å². The van der Waals surface area contributed by atoms with E-state index < -0.39 is 0 Å². The van der Waals surface area contributed by atoms with Gasteiger partial charge in [-0.05, 0) is 45.1 Å². The van der Waals surface area contributed by atoms with E-state index >= 15 is 0 Å². The van der Waals surface area contributed by atoms with Gasteiger partial charge >= 0.3 is 0 Å². The SMILES string of the molecule is CCCC1CC(NCCCO)CN(C(C)CC)C1. The summed E-state index contributed by atoms with van der Waals surface area (Å²) >= 11 is 0. The van der Waals surface area contributed by atoms with Crippen molar-refractivity contribution in [2.45, 2.75) is 65.0 Å². The lowest BCUT2D eigenvalue weighted by Crippen LogP contribution is -2.52. The van der Waals surface area contributed by atoms with Crippen LogP contribution in [0, 0.1) is 5.92 Å². The van der Waals surface area contributed by atoms with Crippen LogP contribution in [0.15, 0.2) is 0 Å². The van der Waals surface area contributed by atoms with Gasteiger partial charge in [-0.25, -0.2) is 0 Å². The van der Waals surface area contributed by atoms with E-state index in [0.717, 1.165) is 18.9 Å². The highest BCUT2D eigenvalue weighted by molar-refractivity contribution is 4.85. The molecule has 3 atom stereocenters. The monoisotopic (exact) mass is 256 g/mol. The van der Waals surface area contributed by atoms with E-state index in [2.05, 4.69) is 31.0 Å². The Morgan fingerprint density at radius 3 is 2.72 bits per heavy atom. The van der Waals surface area contributed by atoms with E-state index in [1.54, 1.807) is 0 Å². The summed E-state index contributed by atoms with van der Waals surface area (Å²) < 4.78 is 0. The van der Waals surface area contributed by atoms with Gasteiger partial charge in [0.05, 0.1) is 0 Å². The summed E-state index contributed by atoms with van der Waals surface area (Å²) in [6.45, 7) is 10.6. The van der Waals surface area contributed by atoms with Crippen LogP contribution >= 0.6 is 0 Å². The fraction of sp³-hybridized carbons (Fsp3) is 1.00. The van der Waals surface area contributed by atoms with E-state index in [-0.39, 0.29) is 0 Å². The van der Waals surface area contributed by atoms with Crippen molar-refractivity contribution in [1.29, 1.82) is 0 Å². The molecule has 108 valence electrons. The molecule has 1 fully saturated rings. The van der Waals surface area contributed by atoms with Crippen molar-refractivity contribution < 1.29 is 5.11 Å². The summed E-state index contributed by atoms with van der Waals surface area (Å²) in [6, 6.07) is 1.32. The number of rotatable bonds is 8. The third-order valence-corrected chi connectivity index (χ3v) is 4.24. The molecule has 1 aliphatic heterocycles. The van der Waals surface area contributed by atoms with Gasteiger partial charge in [0.15, 0.2) is 0 Å². The number of aliphatic hydroxyl groups excluding tert-OH is 1. The Labute approximate surface area is 113 Å². The fourth-order valence-corrected chi connectivity index (χ4v) is 3.01. The standard InChI is InChI=1S/C15H32N2O/c1-4-7-14-10-15(16-8-6-9-18)12-17(11-14)13(3)5-2/h13-16,18H,4-12H2,1-3H3. The summed E-state index contributed by atoms with van der Waals surface area (Å²) in [5, 5.41) is 12.5. The topological polar surface area (TPSA) is 35.5 Å². The van der Waals surface area contributed by atoms with Crippen LogP contribution in [0.1, 0.15) is 52.9 Å². The van der Waals surface area contributed by atoms with Crippen molar-refractivity contribution in [3.05, 3.63) is 0 Å². The van der Waals surface area contributed by atoms with Gasteiger partial charge in [-0.1, -0.05) is 20.3 Å². The molecule has 1 rings (SSSR count). The lowest BCUT2D eigenvalue weighted by Gasteiger charge is -2.41. The van der Waals surface area contributed by atoms with Gasteiger partial charge in [-0.15, -0.1) is 0 Å². The average molecular weight is 256 g/mol. The van der Waals surface area contributed by atoms with E-state index in [4.69, 9.17) is 5.11 Å². The maximum atomic E-state index is 8.86. The number of likely N-dealkylation sites (tertiary alicyclic amines) is 1. The fourth-order valence-electron chi connectivity index (χ4n) is 3.01. The van der Waals surface area contributed by atoms with Crippen LogP contribution in [-0.4, -0.2) is 48.3 Å². The second-order valence-electron chi connectivity index (χ2n) is 5.83. The summed E-state index contributed by atoms with van der Waals surface area (Å²) in [6.07, 6.45) is 6.07. The zero-order chi connectivity index (χ0) is 13.4. The number of nitrogens with zero attached hydrogens (tertiary/aromatic N) is 1. The summed E-state index contributed by atoms with van der Waals surface area (Å²) in [5.41, 5.74) is 0. The molecule has 0 aromatic heterocycles. The Kier molecular flexibility index (Phi) is 7.87. The van der Waals surface area contributed by atoms with Gasteiger partial charge in [0.2, 0.25) is 0 Å². The minimum atomic E-state index is 0.299. The Hall–Kier alpha value is -0.120. The van der Waals surface area contributed by atoms with Crippen LogP contribution in [0.4, 0.5) is 0 Å². The van der Waals surface area contributed by atoms with Crippen LogP contribution < -0.4 is 5.32 Å². The molecule has 18 heavy (non-hydrogen) atoms. The first-order valence-electron chi connectivity index (χ1n) is 7.79. The molecule has 0 aromatic carbocycles. The minimum absolute atomic E-state index is 0.299. The lowest BCUT2D eigenvalue weighted by atomic mass is 9.89. The van der Waals surface area contributed by atoms with Gasteiger partial charge in [0.25, 0.3) is 0 Å². The second-order valence-corrected chi connectivity index (χ2v) is 5.83. The maximum Gasteiger partial charge on any atom is 0.0443 e. The van der Waals surface area contributed by atoms with Crippen LogP contribution in [0.3, 0.4) is 0 Å². The molecule has 0 bridgehead atoms. The zero-order valence-electron chi connectivity index (χ0n) is 12.5. The van der Waals surface area contributed by atoms with E-state index in [1.807, 2.05) is 0 Å². The molecule has 0 aliphatic carbocycles. The molecule has 1 aliphatic rings. The predicted molar refractivity (Wildman–Crippen MR) is 77.8 cm³/mol. The number of hydrogen-bond donors (Lipinski definition) is 2. The molecule has 3 nitrogen and oxygen atoms in total. The van der Waals surface area contributed by atoms with Crippen molar-refractivity contribution >= 4 is 0 Å². The Balaban J connectivity index is 2.45. The van der Waals surface area contributed by atoms with E-state index in [1.165, 1.54) is 38.8 Å². The molecule has 0 radical (unpaired) electrons. The molecular weight excluding hydrogens is 224 g/mol. The number of hydrogen-bond acceptors (Lipinski definition) is 3. The Bertz CT molecular complexity index is 211. The molecule has 3 unspecified atom stereocenters. The molecule has 1 saturated heterocycles. The molecule has 0 amide bonds. The minimum Gasteiger partial charge on any atom is -0.396 e. The lowest BCUT2D eigenvalue weighted by molar-refractivity contribution is 0.0974. The van der Waals surface area contributed by atoms with Crippen LogP contribution in [-0.2, 0) is 0 Å². The molecule has 2 N–H and O–H groups in total. The predicted octanol–water partition coefficient (Wildman–Crippen LogP) is 2.25. The molecule has 3 heteroatoms. The van der Waals surface area contributed by atoms with Crippen molar-refractivity contribution in [2.75, 3.05) is 26.2 Å². The summed E-state index contributed by atoms with van der Waals surface area (Å²) in [4.78, 5) is 2.65. The Morgan fingerprint density at radius 2 is 2.11 bits per heavy atom. The second kappa shape index (κ2) is 8.89. The van der Waals surface area contributed by atoms with Gasteiger partial charge in [0, 0.05) is 31.8 Å². The quantitative estimate of drug-likeness (QED) is 0.654.